The first-order valence-electron chi connectivity index (χ1n) is 7.79. The Kier molecular flexibility index (Phi) is 3.16. The van der Waals surface area contributed by atoms with Gasteiger partial charge in [-0.05, 0) is 28.7 Å². The Morgan fingerprint density at radius 3 is 2.18 bits per heavy atom. The number of allylic oxidation sites excluding steroid dienone is 8. The fourth-order valence-electron chi connectivity index (χ4n) is 3.38. The van der Waals surface area contributed by atoms with Gasteiger partial charge in [-0.15, -0.1) is 0 Å². The summed E-state index contributed by atoms with van der Waals surface area (Å²) < 4.78 is 0. The Morgan fingerprint density at radius 1 is 0.773 bits per heavy atom. The van der Waals surface area contributed by atoms with Gasteiger partial charge in [0.2, 0.25) is 0 Å². The third-order valence-electron chi connectivity index (χ3n) is 4.52. The summed E-state index contributed by atoms with van der Waals surface area (Å²) in [5.41, 5.74) is 5.15. The molecule has 1 atom stereocenters. The van der Waals surface area contributed by atoms with E-state index in [-0.39, 0.29) is 5.41 Å². The van der Waals surface area contributed by atoms with Crippen molar-refractivity contribution in [2.24, 2.45) is 0 Å². The molecule has 106 valence electrons. The van der Waals surface area contributed by atoms with E-state index < -0.39 is 0 Å². The van der Waals surface area contributed by atoms with Gasteiger partial charge in [-0.1, -0.05) is 97.1 Å². The average Bonchev–Trinajstić information content (AvgIpc) is 3.27. The molecule has 2 aromatic rings. The second kappa shape index (κ2) is 5.31. The molecule has 0 spiro atoms. The van der Waals surface area contributed by atoms with Crippen molar-refractivity contribution >= 4 is 5.57 Å². The van der Waals surface area contributed by atoms with Crippen LogP contribution in [0, 0.1) is 0 Å². The van der Waals surface area contributed by atoms with Crippen molar-refractivity contribution in [3.63, 3.8) is 0 Å². The van der Waals surface area contributed by atoms with E-state index in [9.17, 15) is 0 Å². The van der Waals surface area contributed by atoms with Gasteiger partial charge in [0.25, 0.3) is 0 Å². The van der Waals surface area contributed by atoms with Crippen molar-refractivity contribution in [1.82, 2.24) is 0 Å². The first kappa shape index (κ1) is 13.1. The molecule has 0 fully saturated rings. The lowest BCUT2D eigenvalue weighted by molar-refractivity contribution is 0.829. The van der Waals surface area contributed by atoms with Crippen molar-refractivity contribution in [1.29, 1.82) is 0 Å². The third kappa shape index (κ3) is 2.08. The Bertz CT molecular complexity index is 788. The summed E-state index contributed by atoms with van der Waals surface area (Å²) in [6, 6.07) is 21.4. The van der Waals surface area contributed by atoms with Crippen LogP contribution in [0.25, 0.3) is 5.57 Å². The van der Waals surface area contributed by atoms with Crippen molar-refractivity contribution in [2.75, 3.05) is 0 Å². The lowest BCUT2D eigenvalue weighted by Gasteiger charge is -2.27. The minimum absolute atomic E-state index is 0.126. The van der Waals surface area contributed by atoms with Crippen LogP contribution >= 0.6 is 0 Å². The van der Waals surface area contributed by atoms with Crippen LogP contribution in [0.15, 0.2) is 103 Å². The maximum atomic E-state index is 2.40. The maximum absolute atomic E-state index is 2.40. The summed E-state index contributed by atoms with van der Waals surface area (Å²) in [6.45, 7) is 0. The van der Waals surface area contributed by atoms with E-state index in [1.807, 2.05) is 0 Å². The van der Waals surface area contributed by atoms with Crippen LogP contribution in [-0.4, -0.2) is 0 Å². The topological polar surface area (TPSA) is 0 Å². The zero-order chi connectivity index (χ0) is 14.8. The third-order valence-corrected chi connectivity index (χ3v) is 4.52. The minimum atomic E-state index is -0.126. The summed E-state index contributed by atoms with van der Waals surface area (Å²) in [6.07, 6.45) is 14.9. The van der Waals surface area contributed by atoms with E-state index in [0.717, 1.165) is 6.42 Å². The Labute approximate surface area is 131 Å². The van der Waals surface area contributed by atoms with Crippen molar-refractivity contribution in [2.45, 2.75) is 11.8 Å². The molecule has 0 heterocycles. The average molecular weight is 282 g/mol. The van der Waals surface area contributed by atoms with Gasteiger partial charge < -0.3 is 0 Å². The molecule has 0 N–H and O–H groups in total. The first-order chi connectivity index (χ1) is 10.9. The van der Waals surface area contributed by atoms with E-state index in [1.54, 1.807) is 0 Å². The standard InChI is InChI=1S/C22H18/c1-3-9-18(10-4-1)19-15-16-22(17-19,21-13-7-8-14-21)20-11-5-2-6-12-20/h1-7,9-17H,8H2. The van der Waals surface area contributed by atoms with Crippen LogP contribution < -0.4 is 0 Å². The molecule has 0 nitrogen and oxygen atoms in total. The highest BCUT2D eigenvalue weighted by Crippen LogP contribution is 2.44. The lowest BCUT2D eigenvalue weighted by atomic mass is 9.75. The largest absolute Gasteiger partial charge is 0.0804 e. The van der Waals surface area contributed by atoms with Crippen molar-refractivity contribution < 1.29 is 0 Å². The Hall–Kier alpha value is -2.60. The van der Waals surface area contributed by atoms with Gasteiger partial charge in [0.05, 0.1) is 5.41 Å². The van der Waals surface area contributed by atoms with E-state index in [0.29, 0.717) is 0 Å². The van der Waals surface area contributed by atoms with Gasteiger partial charge in [0, 0.05) is 0 Å². The molecule has 0 bridgehead atoms. The van der Waals surface area contributed by atoms with Crippen LogP contribution in [0.3, 0.4) is 0 Å². The fourth-order valence-corrected chi connectivity index (χ4v) is 3.38. The predicted molar refractivity (Wildman–Crippen MR) is 93.5 cm³/mol. The minimum Gasteiger partial charge on any atom is -0.0804 e. The summed E-state index contributed by atoms with van der Waals surface area (Å²) in [7, 11) is 0. The molecule has 0 amide bonds. The van der Waals surface area contributed by atoms with Gasteiger partial charge >= 0.3 is 0 Å². The molecule has 2 aliphatic rings. The van der Waals surface area contributed by atoms with Crippen LogP contribution in [0.4, 0.5) is 0 Å². The number of benzene rings is 2. The molecule has 4 rings (SSSR count). The van der Waals surface area contributed by atoms with Gasteiger partial charge in [-0.25, -0.2) is 0 Å². The molecular weight excluding hydrogens is 264 g/mol. The monoisotopic (exact) mass is 282 g/mol. The highest BCUT2D eigenvalue weighted by Gasteiger charge is 2.34. The van der Waals surface area contributed by atoms with Gasteiger partial charge in [-0.2, -0.15) is 0 Å². The summed E-state index contributed by atoms with van der Waals surface area (Å²) in [5.74, 6) is 0. The van der Waals surface area contributed by atoms with Gasteiger partial charge in [-0.3, -0.25) is 0 Å². The van der Waals surface area contributed by atoms with Gasteiger partial charge in [0.15, 0.2) is 0 Å². The number of rotatable bonds is 3. The van der Waals surface area contributed by atoms with E-state index >= 15 is 0 Å². The second-order valence-corrected chi connectivity index (χ2v) is 5.83. The van der Waals surface area contributed by atoms with Crippen LogP contribution in [-0.2, 0) is 5.41 Å². The first-order valence-corrected chi connectivity index (χ1v) is 7.79. The van der Waals surface area contributed by atoms with E-state index in [4.69, 9.17) is 0 Å². The molecule has 2 aromatic carbocycles. The van der Waals surface area contributed by atoms with E-state index in [2.05, 4.69) is 97.1 Å². The summed E-state index contributed by atoms with van der Waals surface area (Å²) in [5, 5.41) is 0. The molecule has 22 heavy (non-hydrogen) atoms. The molecule has 0 radical (unpaired) electrons. The summed E-state index contributed by atoms with van der Waals surface area (Å²) >= 11 is 0. The molecule has 0 saturated carbocycles. The molecule has 2 aliphatic carbocycles. The molecular formula is C22H18. The zero-order valence-electron chi connectivity index (χ0n) is 12.4. The number of hydrogen-bond donors (Lipinski definition) is 0. The molecule has 0 aliphatic heterocycles. The quantitative estimate of drug-likeness (QED) is 0.701. The second-order valence-electron chi connectivity index (χ2n) is 5.83. The Balaban J connectivity index is 1.86. The Morgan fingerprint density at radius 2 is 1.50 bits per heavy atom. The highest BCUT2D eigenvalue weighted by atomic mass is 14.4. The van der Waals surface area contributed by atoms with Gasteiger partial charge in [0.1, 0.15) is 0 Å². The predicted octanol–water partition coefficient (Wildman–Crippen LogP) is 5.46. The van der Waals surface area contributed by atoms with Crippen molar-refractivity contribution in [3.05, 3.63) is 114 Å². The van der Waals surface area contributed by atoms with E-state index in [1.165, 1.54) is 22.3 Å². The SMILES string of the molecule is C1=CC(C2(c3ccccc3)C=CC(c3ccccc3)=C2)=CC1. The molecule has 0 aromatic heterocycles. The molecule has 1 unspecified atom stereocenters. The van der Waals surface area contributed by atoms with Crippen LogP contribution in [0.2, 0.25) is 0 Å². The highest BCUT2D eigenvalue weighted by molar-refractivity contribution is 5.81. The van der Waals surface area contributed by atoms with Crippen molar-refractivity contribution in [3.8, 4) is 0 Å². The lowest BCUT2D eigenvalue weighted by Crippen LogP contribution is -2.20. The van der Waals surface area contributed by atoms with Crippen LogP contribution in [0.5, 0.6) is 0 Å². The summed E-state index contributed by atoms with van der Waals surface area (Å²) in [4.78, 5) is 0. The maximum Gasteiger partial charge on any atom is 0.0571 e. The normalized spacial score (nSPS) is 22.7. The number of hydrogen-bond acceptors (Lipinski definition) is 0. The van der Waals surface area contributed by atoms with Crippen LogP contribution in [0.1, 0.15) is 17.5 Å². The fraction of sp³-hybridized carbons (Fsp3) is 0.0909. The zero-order valence-corrected chi connectivity index (χ0v) is 12.4. The molecule has 0 saturated heterocycles. The smallest absolute Gasteiger partial charge is 0.0571 e. The molecule has 0 heteroatoms.